The summed E-state index contributed by atoms with van der Waals surface area (Å²) < 4.78 is 0. The molecule has 0 spiro atoms. The molecule has 1 aromatic rings. The maximum Gasteiger partial charge on any atom is 0.292 e. The topological polar surface area (TPSA) is 113 Å². The first-order valence-corrected chi connectivity index (χ1v) is 5.55. The number of carbonyl (C=O) groups is 1. The summed E-state index contributed by atoms with van der Waals surface area (Å²) in [6, 6.07) is 5.92. The Bertz CT molecular complexity index is 550. The number of nitrogen functional groups attached to an aromatic ring is 1. The van der Waals surface area contributed by atoms with Gasteiger partial charge in [0.15, 0.2) is 0 Å². The Balaban J connectivity index is 2.98. The van der Waals surface area contributed by atoms with Crippen LogP contribution in [0.3, 0.4) is 0 Å². The highest BCUT2D eigenvalue weighted by molar-refractivity contribution is 5.95. The number of rotatable bonds is 4. The Labute approximate surface area is 110 Å². The molecule has 0 fully saturated rings. The smallest absolute Gasteiger partial charge is 0.292 e. The zero-order valence-electron chi connectivity index (χ0n) is 10.7. The standard InChI is InChI=1S/C12H14N4O3/c1-8(6-13)7-15(2)12(17)9-3-4-10(14)11(5-9)16(18)19/h3-5,8H,7,14H2,1-2H3. The third kappa shape index (κ3) is 3.42. The molecule has 7 heteroatoms. The number of amides is 1. The highest BCUT2D eigenvalue weighted by Gasteiger charge is 2.19. The number of hydrogen-bond acceptors (Lipinski definition) is 5. The molecule has 0 saturated heterocycles. The molecule has 1 rings (SSSR count). The third-order valence-electron chi connectivity index (χ3n) is 2.59. The fraction of sp³-hybridized carbons (Fsp3) is 0.333. The molecule has 0 aliphatic rings. The summed E-state index contributed by atoms with van der Waals surface area (Å²) in [5.41, 5.74) is 5.34. The van der Waals surface area contributed by atoms with Gasteiger partial charge in [-0.1, -0.05) is 0 Å². The highest BCUT2D eigenvalue weighted by Crippen LogP contribution is 2.23. The summed E-state index contributed by atoms with van der Waals surface area (Å²) >= 11 is 0. The van der Waals surface area contributed by atoms with Crippen LogP contribution in [0.25, 0.3) is 0 Å². The maximum atomic E-state index is 12.0. The van der Waals surface area contributed by atoms with Gasteiger partial charge in [-0.3, -0.25) is 14.9 Å². The summed E-state index contributed by atoms with van der Waals surface area (Å²) in [6.45, 7) is 1.95. The van der Waals surface area contributed by atoms with Crippen molar-refractivity contribution in [3.05, 3.63) is 33.9 Å². The van der Waals surface area contributed by atoms with E-state index in [1.807, 2.05) is 6.07 Å². The lowest BCUT2D eigenvalue weighted by molar-refractivity contribution is -0.383. The van der Waals surface area contributed by atoms with E-state index in [0.717, 1.165) is 6.07 Å². The number of carbonyl (C=O) groups excluding carboxylic acids is 1. The largest absolute Gasteiger partial charge is 0.393 e. The Hall–Kier alpha value is -2.62. The second-order valence-electron chi connectivity index (χ2n) is 4.25. The van der Waals surface area contributed by atoms with Gasteiger partial charge in [-0.2, -0.15) is 5.26 Å². The number of benzene rings is 1. The quantitative estimate of drug-likeness (QED) is 0.500. The predicted octanol–water partition coefficient (Wildman–Crippen LogP) is 1.41. The normalized spacial score (nSPS) is 11.4. The van der Waals surface area contributed by atoms with Crippen LogP contribution < -0.4 is 5.73 Å². The van der Waals surface area contributed by atoms with Crippen molar-refractivity contribution in [2.75, 3.05) is 19.3 Å². The molecule has 0 aliphatic heterocycles. The van der Waals surface area contributed by atoms with Gasteiger partial charge in [0.2, 0.25) is 0 Å². The van der Waals surface area contributed by atoms with Gasteiger partial charge in [-0.05, 0) is 19.1 Å². The molecule has 7 nitrogen and oxygen atoms in total. The van der Waals surface area contributed by atoms with Crippen molar-refractivity contribution in [1.82, 2.24) is 4.90 Å². The number of nitriles is 1. The number of hydrogen-bond donors (Lipinski definition) is 1. The van der Waals surface area contributed by atoms with Crippen molar-refractivity contribution >= 4 is 17.3 Å². The average Bonchev–Trinajstić information content (AvgIpc) is 2.37. The minimum Gasteiger partial charge on any atom is -0.393 e. The van der Waals surface area contributed by atoms with E-state index >= 15 is 0 Å². The number of nitro groups is 1. The van der Waals surface area contributed by atoms with Gasteiger partial charge in [0.25, 0.3) is 11.6 Å². The lowest BCUT2D eigenvalue weighted by Crippen LogP contribution is -2.30. The molecule has 0 radical (unpaired) electrons. The van der Waals surface area contributed by atoms with Crippen LogP contribution in [0.5, 0.6) is 0 Å². The van der Waals surface area contributed by atoms with Gasteiger partial charge in [-0.25, -0.2) is 0 Å². The molecule has 1 aromatic carbocycles. The molecule has 1 unspecified atom stereocenters. The zero-order chi connectivity index (χ0) is 14.6. The van der Waals surface area contributed by atoms with Crippen LogP contribution in [-0.2, 0) is 0 Å². The molecule has 0 bridgehead atoms. The van der Waals surface area contributed by atoms with Crippen molar-refractivity contribution in [3.63, 3.8) is 0 Å². The van der Waals surface area contributed by atoms with E-state index in [9.17, 15) is 14.9 Å². The van der Waals surface area contributed by atoms with Crippen molar-refractivity contribution in [1.29, 1.82) is 5.26 Å². The molecule has 1 amide bonds. The van der Waals surface area contributed by atoms with Crippen molar-refractivity contribution < 1.29 is 9.72 Å². The first-order chi connectivity index (χ1) is 8.86. The van der Waals surface area contributed by atoms with Gasteiger partial charge in [0, 0.05) is 25.2 Å². The molecule has 0 saturated carbocycles. The summed E-state index contributed by atoms with van der Waals surface area (Å²) in [5, 5.41) is 19.4. The highest BCUT2D eigenvalue weighted by atomic mass is 16.6. The molecule has 2 N–H and O–H groups in total. The number of nitrogens with zero attached hydrogens (tertiary/aromatic N) is 3. The van der Waals surface area contributed by atoms with Gasteiger partial charge in [-0.15, -0.1) is 0 Å². The van der Waals surface area contributed by atoms with Crippen molar-refractivity contribution in [2.45, 2.75) is 6.92 Å². The molecular formula is C12H14N4O3. The second kappa shape index (κ2) is 5.82. The van der Waals surface area contributed by atoms with E-state index in [-0.39, 0.29) is 35.3 Å². The summed E-state index contributed by atoms with van der Waals surface area (Å²) in [5.74, 6) is -0.692. The van der Waals surface area contributed by atoms with E-state index in [1.54, 1.807) is 14.0 Å². The zero-order valence-corrected chi connectivity index (χ0v) is 10.7. The number of nitrogens with two attached hydrogens (primary N) is 1. The fourth-order valence-electron chi connectivity index (χ4n) is 1.59. The molecule has 0 heterocycles. The van der Waals surface area contributed by atoms with Gasteiger partial charge in [0.1, 0.15) is 5.69 Å². The van der Waals surface area contributed by atoms with E-state index in [2.05, 4.69) is 0 Å². The first kappa shape index (κ1) is 14.4. The molecule has 1 atom stereocenters. The van der Waals surface area contributed by atoms with Crippen LogP contribution in [0.2, 0.25) is 0 Å². The minimum atomic E-state index is -0.635. The van der Waals surface area contributed by atoms with Crippen LogP contribution in [0.4, 0.5) is 11.4 Å². The Morgan fingerprint density at radius 1 is 1.63 bits per heavy atom. The Morgan fingerprint density at radius 2 is 2.26 bits per heavy atom. The van der Waals surface area contributed by atoms with Gasteiger partial charge < -0.3 is 10.6 Å². The van der Waals surface area contributed by atoms with Crippen LogP contribution >= 0.6 is 0 Å². The SMILES string of the molecule is CC(C#N)CN(C)C(=O)c1ccc(N)c([N+](=O)[O-])c1. The Morgan fingerprint density at radius 3 is 2.79 bits per heavy atom. The average molecular weight is 262 g/mol. The number of anilines is 1. The maximum absolute atomic E-state index is 12.0. The molecule has 0 aromatic heterocycles. The predicted molar refractivity (Wildman–Crippen MR) is 69.2 cm³/mol. The lowest BCUT2D eigenvalue weighted by atomic mass is 10.1. The van der Waals surface area contributed by atoms with E-state index in [4.69, 9.17) is 11.0 Å². The fourth-order valence-corrected chi connectivity index (χ4v) is 1.59. The minimum absolute atomic E-state index is 0.00889. The summed E-state index contributed by atoms with van der Waals surface area (Å²) in [7, 11) is 1.54. The van der Waals surface area contributed by atoms with E-state index < -0.39 is 4.92 Å². The van der Waals surface area contributed by atoms with Crippen molar-refractivity contribution in [3.8, 4) is 6.07 Å². The monoisotopic (exact) mass is 262 g/mol. The summed E-state index contributed by atoms with van der Waals surface area (Å²) in [6.07, 6.45) is 0. The molecule has 19 heavy (non-hydrogen) atoms. The third-order valence-corrected chi connectivity index (χ3v) is 2.59. The lowest BCUT2D eigenvalue weighted by Gasteiger charge is -2.18. The van der Waals surface area contributed by atoms with E-state index in [0.29, 0.717) is 0 Å². The van der Waals surface area contributed by atoms with Gasteiger partial charge in [0.05, 0.1) is 16.9 Å². The Kier molecular flexibility index (Phi) is 4.42. The number of nitro benzene ring substituents is 1. The van der Waals surface area contributed by atoms with E-state index in [1.165, 1.54) is 17.0 Å². The van der Waals surface area contributed by atoms with Crippen LogP contribution in [0, 0.1) is 27.4 Å². The first-order valence-electron chi connectivity index (χ1n) is 5.55. The molecule has 0 aliphatic carbocycles. The van der Waals surface area contributed by atoms with Crippen LogP contribution in [0.1, 0.15) is 17.3 Å². The van der Waals surface area contributed by atoms with Crippen LogP contribution in [0.15, 0.2) is 18.2 Å². The summed E-state index contributed by atoms with van der Waals surface area (Å²) in [4.78, 5) is 23.5. The molecular weight excluding hydrogens is 248 g/mol. The van der Waals surface area contributed by atoms with Crippen LogP contribution in [-0.4, -0.2) is 29.3 Å². The second-order valence-corrected chi connectivity index (χ2v) is 4.25. The van der Waals surface area contributed by atoms with Gasteiger partial charge >= 0.3 is 0 Å². The van der Waals surface area contributed by atoms with Crippen molar-refractivity contribution in [2.24, 2.45) is 5.92 Å². The molecule has 100 valence electrons.